The number of likely N-dealkylation sites (tertiary alicyclic amines) is 1. The molecule has 6 nitrogen and oxygen atoms in total. The van der Waals surface area contributed by atoms with E-state index in [4.69, 9.17) is 5.73 Å². The number of rotatable bonds is 3. The molecule has 1 aliphatic heterocycles. The number of aromatic hydroxyl groups is 1. The molecule has 0 saturated carbocycles. The van der Waals surface area contributed by atoms with Gasteiger partial charge in [0.05, 0.1) is 17.5 Å². The predicted molar refractivity (Wildman–Crippen MR) is 105 cm³/mol. The fourth-order valence-electron chi connectivity index (χ4n) is 3.78. The molecule has 0 bridgehead atoms. The highest BCUT2D eigenvalue weighted by atomic mass is 32.1. The van der Waals surface area contributed by atoms with Crippen LogP contribution in [0.3, 0.4) is 0 Å². The van der Waals surface area contributed by atoms with Gasteiger partial charge >= 0.3 is 0 Å². The summed E-state index contributed by atoms with van der Waals surface area (Å²) < 4.78 is 0. The summed E-state index contributed by atoms with van der Waals surface area (Å²) in [5.41, 5.74) is 8.23. The number of pyridine rings is 1. The van der Waals surface area contributed by atoms with Crippen LogP contribution in [0.25, 0.3) is 0 Å². The molecular weight excluding hydrogens is 360 g/mol. The van der Waals surface area contributed by atoms with E-state index in [-0.39, 0.29) is 17.1 Å². The lowest BCUT2D eigenvalue weighted by atomic mass is 9.70. The lowest BCUT2D eigenvalue weighted by Crippen LogP contribution is -2.46. The number of hydrogen-bond donors (Lipinski definition) is 2. The molecule has 1 aliphatic rings. The van der Waals surface area contributed by atoms with Crippen LogP contribution in [0.15, 0.2) is 54.2 Å². The monoisotopic (exact) mass is 380 g/mol. The zero-order chi connectivity index (χ0) is 18.9. The van der Waals surface area contributed by atoms with Gasteiger partial charge in [0, 0.05) is 30.1 Å². The molecular formula is C20H20N4O2S. The molecule has 0 aliphatic carbocycles. The van der Waals surface area contributed by atoms with Gasteiger partial charge in [-0.3, -0.25) is 9.78 Å². The van der Waals surface area contributed by atoms with Crippen LogP contribution in [0.1, 0.15) is 34.5 Å². The Bertz CT molecular complexity index is 949. The number of anilines is 1. The number of nitrogen functional groups attached to an aromatic ring is 1. The quantitative estimate of drug-likeness (QED) is 0.729. The van der Waals surface area contributed by atoms with Crippen LogP contribution in [0.2, 0.25) is 0 Å². The van der Waals surface area contributed by atoms with Crippen molar-refractivity contribution in [3.63, 3.8) is 0 Å². The molecule has 0 atom stereocenters. The first-order valence-electron chi connectivity index (χ1n) is 8.79. The molecule has 1 amide bonds. The Morgan fingerprint density at radius 2 is 1.93 bits per heavy atom. The minimum Gasteiger partial charge on any atom is -0.506 e. The van der Waals surface area contributed by atoms with Crippen molar-refractivity contribution in [2.75, 3.05) is 18.8 Å². The highest BCUT2D eigenvalue weighted by Crippen LogP contribution is 2.42. The van der Waals surface area contributed by atoms with Crippen molar-refractivity contribution in [1.29, 1.82) is 0 Å². The SMILES string of the molecule is Nc1nc(C2(c3ccccc3)CCN(C(=O)c3cncc(O)c3)CC2)cs1. The van der Waals surface area contributed by atoms with Crippen molar-refractivity contribution in [3.05, 3.63) is 71.0 Å². The molecule has 2 aromatic heterocycles. The highest BCUT2D eigenvalue weighted by molar-refractivity contribution is 7.13. The fourth-order valence-corrected chi connectivity index (χ4v) is 4.44. The lowest BCUT2D eigenvalue weighted by molar-refractivity contribution is 0.0683. The van der Waals surface area contributed by atoms with E-state index in [1.165, 1.54) is 35.4 Å². The second-order valence-corrected chi connectivity index (χ2v) is 7.63. The van der Waals surface area contributed by atoms with Gasteiger partial charge in [-0.25, -0.2) is 4.98 Å². The molecule has 3 N–H and O–H groups in total. The van der Waals surface area contributed by atoms with Crippen LogP contribution in [0.4, 0.5) is 5.13 Å². The summed E-state index contributed by atoms with van der Waals surface area (Å²) in [6.07, 6.45) is 4.33. The van der Waals surface area contributed by atoms with E-state index >= 15 is 0 Å². The lowest BCUT2D eigenvalue weighted by Gasteiger charge is -2.41. The van der Waals surface area contributed by atoms with Crippen LogP contribution in [0.5, 0.6) is 5.75 Å². The number of carbonyl (C=O) groups is 1. The van der Waals surface area contributed by atoms with E-state index in [2.05, 4.69) is 22.1 Å². The van der Waals surface area contributed by atoms with Crippen molar-refractivity contribution in [2.24, 2.45) is 0 Å². The third-order valence-corrected chi connectivity index (χ3v) is 5.89. The van der Waals surface area contributed by atoms with Crippen molar-refractivity contribution in [3.8, 4) is 5.75 Å². The van der Waals surface area contributed by atoms with Gasteiger partial charge in [-0.2, -0.15) is 0 Å². The summed E-state index contributed by atoms with van der Waals surface area (Å²) in [5, 5.41) is 12.2. The van der Waals surface area contributed by atoms with E-state index in [9.17, 15) is 9.90 Å². The number of nitrogens with two attached hydrogens (primary N) is 1. The number of hydrogen-bond acceptors (Lipinski definition) is 6. The van der Waals surface area contributed by atoms with E-state index in [0.29, 0.717) is 23.8 Å². The Hall–Kier alpha value is -2.93. The minimum atomic E-state index is -0.247. The number of benzene rings is 1. The average Bonchev–Trinajstić information content (AvgIpc) is 3.15. The van der Waals surface area contributed by atoms with Gasteiger partial charge in [-0.1, -0.05) is 30.3 Å². The van der Waals surface area contributed by atoms with Gasteiger partial charge in [-0.15, -0.1) is 11.3 Å². The predicted octanol–water partition coefficient (Wildman–Crippen LogP) is 3.05. The first-order chi connectivity index (χ1) is 13.1. The maximum absolute atomic E-state index is 12.8. The zero-order valence-electron chi connectivity index (χ0n) is 14.7. The van der Waals surface area contributed by atoms with Gasteiger partial charge in [0.1, 0.15) is 5.75 Å². The molecule has 0 radical (unpaired) electrons. The molecule has 1 saturated heterocycles. The maximum Gasteiger partial charge on any atom is 0.255 e. The summed E-state index contributed by atoms with van der Waals surface area (Å²) in [4.78, 5) is 23.1. The number of nitrogens with zero attached hydrogens (tertiary/aromatic N) is 3. The summed E-state index contributed by atoms with van der Waals surface area (Å²) in [6.45, 7) is 1.20. The molecule has 0 spiro atoms. The normalized spacial score (nSPS) is 16.2. The maximum atomic E-state index is 12.8. The number of piperidine rings is 1. The number of aromatic nitrogens is 2. The number of amides is 1. The van der Waals surface area contributed by atoms with Crippen LogP contribution >= 0.6 is 11.3 Å². The average molecular weight is 380 g/mol. The van der Waals surface area contributed by atoms with E-state index in [1.54, 1.807) is 0 Å². The molecule has 27 heavy (non-hydrogen) atoms. The Morgan fingerprint density at radius 1 is 1.19 bits per heavy atom. The summed E-state index contributed by atoms with van der Waals surface area (Å²) in [7, 11) is 0. The van der Waals surface area contributed by atoms with E-state index in [0.717, 1.165) is 18.5 Å². The van der Waals surface area contributed by atoms with Crippen LogP contribution in [0, 0.1) is 0 Å². The van der Waals surface area contributed by atoms with Crippen molar-refractivity contribution in [1.82, 2.24) is 14.9 Å². The van der Waals surface area contributed by atoms with Gasteiger partial charge < -0.3 is 15.7 Å². The number of thiazole rings is 1. The number of carbonyl (C=O) groups excluding carboxylic acids is 1. The molecule has 1 aromatic carbocycles. The zero-order valence-corrected chi connectivity index (χ0v) is 15.5. The van der Waals surface area contributed by atoms with E-state index < -0.39 is 0 Å². The van der Waals surface area contributed by atoms with Gasteiger partial charge in [0.15, 0.2) is 5.13 Å². The standard InChI is InChI=1S/C20H20N4O2S/c21-19-23-17(13-27-19)20(15-4-2-1-3-5-15)6-8-24(9-7-20)18(26)14-10-16(25)12-22-11-14/h1-5,10-13,25H,6-9H2,(H2,21,23). The van der Waals surface area contributed by atoms with Gasteiger partial charge in [0.2, 0.25) is 0 Å². The molecule has 3 heterocycles. The highest BCUT2D eigenvalue weighted by Gasteiger charge is 2.40. The second-order valence-electron chi connectivity index (χ2n) is 6.74. The van der Waals surface area contributed by atoms with Crippen molar-refractivity contribution >= 4 is 22.4 Å². The van der Waals surface area contributed by atoms with Gasteiger partial charge in [-0.05, 0) is 24.5 Å². The molecule has 138 valence electrons. The summed E-state index contributed by atoms with van der Waals surface area (Å²) in [5.74, 6) is -0.118. The smallest absolute Gasteiger partial charge is 0.255 e. The largest absolute Gasteiger partial charge is 0.506 e. The molecule has 3 aromatic rings. The molecule has 1 fully saturated rings. The van der Waals surface area contributed by atoms with Crippen LogP contribution < -0.4 is 5.73 Å². The Morgan fingerprint density at radius 3 is 2.56 bits per heavy atom. The fraction of sp³-hybridized carbons (Fsp3) is 0.250. The van der Waals surface area contributed by atoms with Crippen LogP contribution in [-0.2, 0) is 5.41 Å². The van der Waals surface area contributed by atoms with Crippen LogP contribution in [-0.4, -0.2) is 39.0 Å². The first-order valence-corrected chi connectivity index (χ1v) is 9.67. The Kier molecular flexibility index (Phi) is 4.53. The summed E-state index contributed by atoms with van der Waals surface area (Å²) >= 11 is 1.45. The topological polar surface area (TPSA) is 92.3 Å². The minimum absolute atomic E-state index is 0.00515. The molecule has 0 unspecified atom stereocenters. The second kappa shape index (κ2) is 7.00. The first kappa shape index (κ1) is 17.5. The summed E-state index contributed by atoms with van der Waals surface area (Å²) in [6, 6.07) is 11.7. The van der Waals surface area contributed by atoms with Gasteiger partial charge in [0.25, 0.3) is 5.91 Å². The molecule has 7 heteroatoms. The van der Waals surface area contributed by atoms with Crippen molar-refractivity contribution < 1.29 is 9.90 Å². The third kappa shape index (κ3) is 3.26. The van der Waals surface area contributed by atoms with E-state index in [1.807, 2.05) is 28.5 Å². The van der Waals surface area contributed by atoms with Crippen molar-refractivity contribution in [2.45, 2.75) is 18.3 Å². The Labute approximate surface area is 161 Å². The Balaban J connectivity index is 1.61. The molecule has 4 rings (SSSR count). The third-order valence-electron chi connectivity index (χ3n) is 5.21.